The number of benzene rings is 2. The number of piperidine rings is 1. The summed E-state index contributed by atoms with van der Waals surface area (Å²) in [6, 6.07) is 15.6. The third kappa shape index (κ3) is 3.50. The van der Waals surface area contributed by atoms with Crippen molar-refractivity contribution in [3.8, 4) is 11.4 Å². The highest BCUT2D eigenvalue weighted by Crippen LogP contribution is 2.32. The zero-order valence-electron chi connectivity index (χ0n) is 15.7. The van der Waals surface area contributed by atoms with Crippen molar-refractivity contribution in [1.29, 1.82) is 0 Å². The van der Waals surface area contributed by atoms with E-state index in [0.29, 0.717) is 18.3 Å². The van der Waals surface area contributed by atoms with Crippen molar-refractivity contribution in [1.82, 2.24) is 15.0 Å². The van der Waals surface area contributed by atoms with Crippen LogP contribution in [0.15, 0.2) is 53.1 Å². The number of carbonyl (C=O) groups is 1. The molecule has 5 heteroatoms. The molecule has 1 aliphatic rings. The maximum Gasteiger partial charge on any atom is 0.254 e. The van der Waals surface area contributed by atoms with Crippen LogP contribution in [0.2, 0.25) is 0 Å². The maximum atomic E-state index is 13.2. The number of hydrogen-bond acceptors (Lipinski definition) is 4. The van der Waals surface area contributed by atoms with Crippen LogP contribution in [0, 0.1) is 13.8 Å². The first-order chi connectivity index (χ1) is 13.1. The molecule has 4 rings (SSSR count). The maximum absolute atomic E-state index is 13.2. The fraction of sp³-hybridized carbons (Fsp3) is 0.318. The van der Waals surface area contributed by atoms with E-state index in [0.717, 1.165) is 36.0 Å². The van der Waals surface area contributed by atoms with Gasteiger partial charge >= 0.3 is 0 Å². The topological polar surface area (TPSA) is 59.2 Å². The van der Waals surface area contributed by atoms with Gasteiger partial charge in [-0.3, -0.25) is 4.79 Å². The fourth-order valence-corrected chi connectivity index (χ4v) is 3.59. The van der Waals surface area contributed by atoms with Crippen molar-refractivity contribution >= 4 is 5.91 Å². The number of aryl methyl sites for hydroxylation is 2. The second kappa shape index (κ2) is 7.35. The van der Waals surface area contributed by atoms with E-state index in [9.17, 15) is 4.79 Å². The van der Waals surface area contributed by atoms with Crippen LogP contribution in [0.3, 0.4) is 0 Å². The minimum absolute atomic E-state index is 0.0351. The van der Waals surface area contributed by atoms with Gasteiger partial charge in [0.25, 0.3) is 5.91 Å². The van der Waals surface area contributed by atoms with Gasteiger partial charge in [-0.25, -0.2) is 0 Å². The molecular formula is C22H23N3O2. The Bertz CT molecular complexity index is 946. The number of aromatic nitrogens is 2. The fourth-order valence-electron chi connectivity index (χ4n) is 3.59. The van der Waals surface area contributed by atoms with Gasteiger partial charge < -0.3 is 9.42 Å². The number of likely N-dealkylation sites (tertiary alicyclic amines) is 1. The lowest BCUT2D eigenvalue weighted by Gasteiger charge is -2.33. The highest BCUT2D eigenvalue weighted by atomic mass is 16.5. The van der Waals surface area contributed by atoms with Gasteiger partial charge in [0.05, 0.1) is 0 Å². The van der Waals surface area contributed by atoms with Crippen LogP contribution in [-0.4, -0.2) is 27.5 Å². The van der Waals surface area contributed by atoms with Crippen molar-refractivity contribution in [2.75, 3.05) is 6.54 Å². The Hall–Kier alpha value is -2.95. The molecule has 5 nitrogen and oxygen atoms in total. The molecule has 0 radical (unpaired) electrons. The van der Waals surface area contributed by atoms with E-state index in [2.05, 4.69) is 10.1 Å². The van der Waals surface area contributed by atoms with Crippen LogP contribution < -0.4 is 0 Å². The first kappa shape index (κ1) is 17.5. The van der Waals surface area contributed by atoms with Gasteiger partial charge in [0.1, 0.15) is 6.04 Å². The Labute approximate surface area is 159 Å². The molecule has 0 spiro atoms. The summed E-state index contributed by atoms with van der Waals surface area (Å²) in [6.45, 7) is 4.72. The summed E-state index contributed by atoms with van der Waals surface area (Å²) in [5.41, 5.74) is 3.83. The van der Waals surface area contributed by atoms with Crippen LogP contribution in [0.5, 0.6) is 0 Å². The lowest BCUT2D eigenvalue weighted by atomic mass is 9.99. The van der Waals surface area contributed by atoms with E-state index in [1.54, 1.807) is 0 Å². The van der Waals surface area contributed by atoms with Gasteiger partial charge in [-0.1, -0.05) is 53.2 Å². The van der Waals surface area contributed by atoms with Gasteiger partial charge in [0.15, 0.2) is 0 Å². The SMILES string of the molecule is Cc1ccc(-c2noc(C3CCCCN3C(=O)c3ccccc3C)n2)cc1. The van der Waals surface area contributed by atoms with Gasteiger partial charge in [0, 0.05) is 17.7 Å². The van der Waals surface area contributed by atoms with Crippen molar-refractivity contribution in [3.63, 3.8) is 0 Å². The van der Waals surface area contributed by atoms with Gasteiger partial charge in [-0.15, -0.1) is 0 Å². The Kier molecular flexibility index (Phi) is 4.75. The number of nitrogens with zero attached hydrogens (tertiary/aromatic N) is 3. The van der Waals surface area contributed by atoms with E-state index in [1.165, 1.54) is 5.56 Å². The summed E-state index contributed by atoms with van der Waals surface area (Å²) in [7, 11) is 0. The third-order valence-electron chi connectivity index (χ3n) is 5.18. The molecular weight excluding hydrogens is 338 g/mol. The normalized spacial score (nSPS) is 17.1. The molecule has 3 aromatic rings. The van der Waals surface area contributed by atoms with Gasteiger partial charge in [0.2, 0.25) is 11.7 Å². The Morgan fingerprint density at radius 3 is 2.63 bits per heavy atom. The van der Waals surface area contributed by atoms with E-state index >= 15 is 0 Å². The predicted molar refractivity (Wildman–Crippen MR) is 103 cm³/mol. The summed E-state index contributed by atoms with van der Waals surface area (Å²) in [6.07, 6.45) is 2.88. The van der Waals surface area contributed by atoms with Crippen LogP contribution in [0.1, 0.15) is 52.7 Å². The molecule has 0 N–H and O–H groups in total. The second-order valence-corrected chi connectivity index (χ2v) is 7.15. The van der Waals surface area contributed by atoms with Crippen LogP contribution in [0.4, 0.5) is 0 Å². The molecule has 0 bridgehead atoms. The zero-order valence-corrected chi connectivity index (χ0v) is 15.7. The summed E-state index contributed by atoms with van der Waals surface area (Å²) in [5.74, 6) is 1.12. The molecule has 138 valence electrons. The highest BCUT2D eigenvalue weighted by Gasteiger charge is 2.33. The summed E-state index contributed by atoms with van der Waals surface area (Å²) in [5, 5.41) is 4.15. The van der Waals surface area contributed by atoms with Crippen LogP contribution in [0.25, 0.3) is 11.4 Å². The standard InChI is InChI=1S/C22H23N3O2/c1-15-10-12-17(13-11-15)20-23-21(27-24-20)19-9-5-6-14-25(19)22(26)18-8-4-3-7-16(18)2/h3-4,7-8,10-13,19H,5-6,9,14H2,1-2H3. The summed E-state index contributed by atoms with van der Waals surface area (Å²) >= 11 is 0. The molecule has 0 aliphatic carbocycles. The second-order valence-electron chi connectivity index (χ2n) is 7.15. The molecule has 1 fully saturated rings. The lowest BCUT2D eigenvalue weighted by Crippen LogP contribution is -2.39. The van der Waals surface area contributed by atoms with Gasteiger partial charge in [-0.05, 0) is 44.7 Å². The minimum Gasteiger partial charge on any atom is -0.337 e. The molecule has 1 aromatic heterocycles. The summed E-state index contributed by atoms with van der Waals surface area (Å²) in [4.78, 5) is 19.7. The molecule has 0 saturated carbocycles. The molecule has 27 heavy (non-hydrogen) atoms. The number of rotatable bonds is 3. The van der Waals surface area contributed by atoms with E-state index in [4.69, 9.17) is 4.52 Å². The first-order valence-corrected chi connectivity index (χ1v) is 9.41. The van der Waals surface area contributed by atoms with Crippen molar-refractivity contribution in [2.45, 2.75) is 39.2 Å². The average Bonchev–Trinajstić information content (AvgIpc) is 3.18. The summed E-state index contributed by atoms with van der Waals surface area (Å²) < 4.78 is 5.58. The highest BCUT2D eigenvalue weighted by molar-refractivity contribution is 5.95. The van der Waals surface area contributed by atoms with Crippen LogP contribution >= 0.6 is 0 Å². The Morgan fingerprint density at radius 1 is 1.07 bits per heavy atom. The third-order valence-corrected chi connectivity index (χ3v) is 5.18. The lowest BCUT2D eigenvalue weighted by molar-refractivity contribution is 0.0560. The monoisotopic (exact) mass is 361 g/mol. The van der Waals surface area contributed by atoms with E-state index in [1.807, 2.05) is 67.3 Å². The molecule has 1 aliphatic heterocycles. The zero-order chi connectivity index (χ0) is 18.8. The Balaban J connectivity index is 1.62. The van der Waals surface area contributed by atoms with E-state index < -0.39 is 0 Å². The largest absolute Gasteiger partial charge is 0.337 e. The molecule has 1 atom stereocenters. The molecule has 1 saturated heterocycles. The number of hydrogen-bond donors (Lipinski definition) is 0. The van der Waals surface area contributed by atoms with Crippen molar-refractivity contribution < 1.29 is 9.32 Å². The molecule has 1 unspecified atom stereocenters. The van der Waals surface area contributed by atoms with Crippen molar-refractivity contribution in [2.24, 2.45) is 0 Å². The molecule has 1 amide bonds. The molecule has 2 aromatic carbocycles. The first-order valence-electron chi connectivity index (χ1n) is 9.41. The number of carbonyl (C=O) groups excluding carboxylic acids is 1. The van der Waals surface area contributed by atoms with Crippen molar-refractivity contribution in [3.05, 3.63) is 71.1 Å². The Morgan fingerprint density at radius 2 is 1.85 bits per heavy atom. The average molecular weight is 361 g/mol. The molecule has 2 heterocycles. The van der Waals surface area contributed by atoms with Gasteiger partial charge in [-0.2, -0.15) is 4.98 Å². The quantitative estimate of drug-likeness (QED) is 0.677. The van der Waals surface area contributed by atoms with E-state index in [-0.39, 0.29) is 11.9 Å². The number of amides is 1. The van der Waals surface area contributed by atoms with Crippen LogP contribution in [-0.2, 0) is 0 Å². The smallest absolute Gasteiger partial charge is 0.254 e. The predicted octanol–water partition coefficient (Wildman–Crippen LogP) is 4.72. The minimum atomic E-state index is -0.169.